The van der Waals surface area contributed by atoms with Crippen LogP contribution < -0.4 is 0 Å². The highest BCUT2D eigenvalue weighted by molar-refractivity contribution is 5.96. The summed E-state index contributed by atoms with van der Waals surface area (Å²) in [6, 6.07) is -0.191. The van der Waals surface area contributed by atoms with Crippen LogP contribution >= 0.6 is 0 Å². The van der Waals surface area contributed by atoms with Gasteiger partial charge < -0.3 is 4.90 Å². The molecule has 0 aromatic heterocycles. The molecule has 1 fully saturated rings. The number of carbonyl (C=O) groups is 2. The van der Waals surface area contributed by atoms with Crippen LogP contribution in [0.3, 0.4) is 0 Å². The zero-order valence-electron chi connectivity index (χ0n) is 8.63. The van der Waals surface area contributed by atoms with Gasteiger partial charge in [0.15, 0.2) is 0 Å². The van der Waals surface area contributed by atoms with Crippen molar-refractivity contribution < 1.29 is 9.59 Å². The molecule has 4 heteroatoms. The minimum atomic E-state index is -0.202. The number of nitrogens with zero attached hydrogens (tertiary/aromatic N) is 2. The Hall–Kier alpha value is -1.06. The number of rotatable bonds is 0. The van der Waals surface area contributed by atoms with E-state index in [0.717, 1.165) is 0 Å². The van der Waals surface area contributed by atoms with Crippen LogP contribution in [-0.4, -0.2) is 40.9 Å². The molecule has 0 radical (unpaired) electrons. The molecule has 4 nitrogen and oxygen atoms in total. The zero-order valence-corrected chi connectivity index (χ0v) is 8.63. The van der Waals surface area contributed by atoms with Crippen LogP contribution in [0, 0.1) is 0 Å². The van der Waals surface area contributed by atoms with Gasteiger partial charge in [0.05, 0.1) is 0 Å². The molecule has 0 unspecified atom stereocenters. The highest BCUT2D eigenvalue weighted by Crippen LogP contribution is 2.19. The summed E-state index contributed by atoms with van der Waals surface area (Å²) < 4.78 is 0. The molecule has 0 saturated carbocycles. The SMILES string of the molecule is CN1C(=O)CCN(C(C)(C)C)C1=O. The Bertz CT molecular complexity index is 242. The topological polar surface area (TPSA) is 40.6 Å². The summed E-state index contributed by atoms with van der Waals surface area (Å²) in [5, 5.41) is 0. The second kappa shape index (κ2) is 3.01. The molecule has 1 aliphatic heterocycles. The van der Waals surface area contributed by atoms with E-state index < -0.39 is 0 Å². The van der Waals surface area contributed by atoms with Gasteiger partial charge in [0.25, 0.3) is 0 Å². The van der Waals surface area contributed by atoms with Gasteiger partial charge in [0.2, 0.25) is 5.91 Å². The lowest BCUT2D eigenvalue weighted by atomic mass is 10.0. The first-order chi connectivity index (χ1) is 5.84. The molecule has 3 amide bonds. The van der Waals surface area contributed by atoms with E-state index in [2.05, 4.69) is 0 Å². The maximum atomic E-state index is 11.6. The number of hydrogen-bond donors (Lipinski definition) is 0. The number of urea groups is 1. The van der Waals surface area contributed by atoms with Crippen molar-refractivity contribution >= 4 is 11.9 Å². The lowest BCUT2D eigenvalue weighted by Gasteiger charge is -2.40. The third-order valence-electron chi connectivity index (χ3n) is 2.25. The van der Waals surface area contributed by atoms with Crippen molar-refractivity contribution in [1.29, 1.82) is 0 Å². The summed E-state index contributed by atoms with van der Waals surface area (Å²) in [6.45, 7) is 6.43. The van der Waals surface area contributed by atoms with Gasteiger partial charge in [-0.05, 0) is 20.8 Å². The van der Waals surface area contributed by atoms with E-state index in [9.17, 15) is 9.59 Å². The van der Waals surface area contributed by atoms with Crippen LogP contribution in [0.5, 0.6) is 0 Å². The third-order valence-corrected chi connectivity index (χ3v) is 2.25. The van der Waals surface area contributed by atoms with E-state index in [4.69, 9.17) is 0 Å². The summed E-state index contributed by atoms with van der Waals surface area (Å²) >= 11 is 0. The van der Waals surface area contributed by atoms with Gasteiger partial charge in [0, 0.05) is 25.6 Å². The van der Waals surface area contributed by atoms with E-state index in [1.165, 1.54) is 11.9 Å². The highest BCUT2D eigenvalue weighted by atomic mass is 16.2. The Balaban J connectivity index is 2.82. The van der Waals surface area contributed by atoms with Gasteiger partial charge in [-0.3, -0.25) is 9.69 Å². The lowest BCUT2D eigenvalue weighted by molar-refractivity contribution is -0.130. The number of amides is 3. The molecule has 0 atom stereocenters. The first-order valence-corrected chi connectivity index (χ1v) is 4.42. The predicted octanol–water partition coefficient (Wildman–Crippen LogP) is 1.07. The van der Waals surface area contributed by atoms with Crippen LogP contribution in [0.2, 0.25) is 0 Å². The Morgan fingerprint density at radius 1 is 1.23 bits per heavy atom. The monoisotopic (exact) mass is 184 g/mol. The smallest absolute Gasteiger partial charge is 0.319 e. The first-order valence-electron chi connectivity index (χ1n) is 4.42. The van der Waals surface area contributed by atoms with Gasteiger partial charge in [-0.25, -0.2) is 4.79 Å². The second-order valence-corrected chi connectivity index (χ2v) is 4.31. The molecule has 1 heterocycles. The molecule has 0 aliphatic carbocycles. The number of imide groups is 1. The van der Waals surface area contributed by atoms with Crippen LogP contribution in [-0.2, 0) is 4.79 Å². The Morgan fingerprint density at radius 3 is 2.23 bits per heavy atom. The highest BCUT2D eigenvalue weighted by Gasteiger charge is 2.35. The fourth-order valence-corrected chi connectivity index (χ4v) is 1.38. The summed E-state index contributed by atoms with van der Waals surface area (Å²) in [4.78, 5) is 25.7. The van der Waals surface area contributed by atoms with E-state index in [1.807, 2.05) is 20.8 Å². The van der Waals surface area contributed by atoms with E-state index in [0.29, 0.717) is 13.0 Å². The summed E-state index contributed by atoms with van der Waals surface area (Å²) in [6.07, 6.45) is 0.430. The fraction of sp³-hybridized carbons (Fsp3) is 0.778. The van der Waals surface area contributed by atoms with Gasteiger partial charge in [-0.2, -0.15) is 0 Å². The minimum absolute atomic E-state index is 0.0921. The quantitative estimate of drug-likeness (QED) is 0.565. The van der Waals surface area contributed by atoms with E-state index >= 15 is 0 Å². The van der Waals surface area contributed by atoms with Crippen molar-refractivity contribution in [2.75, 3.05) is 13.6 Å². The molecule has 0 spiro atoms. The number of carbonyl (C=O) groups excluding carboxylic acids is 2. The fourth-order valence-electron chi connectivity index (χ4n) is 1.38. The van der Waals surface area contributed by atoms with Gasteiger partial charge in [-0.1, -0.05) is 0 Å². The van der Waals surface area contributed by atoms with E-state index in [1.54, 1.807) is 4.90 Å². The maximum Gasteiger partial charge on any atom is 0.326 e. The summed E-state index contributed by atoms with van der Waals surface area (Å²) in [7, 11) is 1.53. The molecule has 13 heavy (non-hydrogen) atoms. The average molecular weight is 184 g/mol. The lowest BCUT2D eigenvalue weighted by Crippen LogP contribution is -2.56. The van der Waals surface area contributed by atoms with Crippen molar-refractivity contribution in [1.82, 2.24) is 9.80 Å². The predicted molar refractivity (Wildman–Crippen MR) is 49.2 cm³/mol. The van der Waals surface area contributed by atoms with Crippen LogP contribution in [0.4, 0.5) is 4.79 Å². The van der Waals surface area contributed by atoms with E-state index in [-0.39, 0.29) is 17.5 Å². The van der Waals surface area contributed by atoms with Crippen molar-refractivity contribution in [3.05, 3.63) is 0 Å². The molecule has 0 aromatic carbocycles. The van der Waals surface area contributed by atoms with Gasteiger partial charge in [0.1, 0.15) is 0 Å². The molecule has 0 aromatic rings. The Morgan fingerprint density at radius 2 is 1.77 bits per heavy atom. The first kappa shape index (κ1) is 10.0. The molecule has 74 valence electrons. The zero-order chi connectivity index (χ0) is 10.2. The van der Waals surface area contributed by atoms with Gasteiger partial charge in [-0.15, -0.1) is 0 Å². The van der Waals surface area contributed by atoms with Crippen molar-refractivity contribution in [2.24, 2.45) is 0 Å². The molecule has 1 aliphatic rings. The Kier molecular flexibility index (Phi) is 2.32. The summed E-state index contributed by atoms with van der Waals surface area (Å²) in [5.74, 6) is -0.0921. The van der Waals surface area contributed by atoms with Crippen LogP contribution in [0.1, 0.15) is 27.2 Å². The Labute approximate surface area is 78.5 Å². The minimum Gasteiger partial charge on any atom is -0.319 e. The standard InChI is InChI=1S/C9H16N2O2/c1-9(2,3)11-6-5-7(12)10(4)8(11)13/h5-6H2,1-4H3. The average Bonchev–Trinajstić information content (AvgIpc) is 1.98. The number of hydrogen-bond acceptors (Lipinski definition) is 2. The second-order valence-electron chi connectivity index (χ2n) is 4.31. The third kappa shape index (κ3) is 1.82. The van der Waals surface area contributed by atoms with Crippen molar-refractivity contribution in [3.8, 4) is 0 Å². The largest absolute Gasteiger partial charge is 0.326 e. The molecule has 1 rings (SSSR count). The van der Waals surface area contributed by atoms with Crippen molar-refractivity contribution in [2.45, 2.75) is 32.7 Å². The molecule has 0 bridgehead atoms. The summed E-state index contributed by atoms with van der Waals surface area (Å²) in [5.41, 5.74) is -0.202. The van der Waals surface area contributed by atoms with Gasteiger partial charge >= 0.3 is 6.03 Å². The molecular weight excluding hydrogens is 168 g/mol. The molecular formula is C9H16N2O2. The normalized spacial score (nSPS) is 19.7. The van der Waals surface area contributed by atoms with Crippen LogP contribution in [0.25, 0.3) is 0 Å². The van der Waals surface area contributed by atoms with Crippen molar-refractivity contribution in [3.63, 3.8) is 0 Å². The maximum absolute atomic E-state index is 11.6. The molecule has 1 saturated heterocycles. The van der Waals surface area contributed by atoms with Crippen LogP contribution in [0.15, 0.2) is 0 Å². The molecule has 0 N–H and O–H groups in total.